The van der Waals surface area contributed by atoms with Crippen LogP contribution in [0.15, 0.2) is 34.9 Å². The average Bonchev–Trinajstić information content (AvgIpc) is 3.02. The van der Waals surface area contributed by atoms with Crippen LogP contribution in [-0.4, -0.2) is 43.5 Å². The van der Waals surface area contributed by atoms with Gasteiger partial charge in [0.15, 0.2) is 0 Å². The molecule has 1 N–H and O–H groups in total. The van der Waals surface area contributed by atoms with E-state index in [9.17, 15) is 9.18 Å². The molecular weight excluding hydrogens is 303 g/mol. The topological polar surface area (TPSA) is 73.6 Å². The lowest BCUT2D eigenvalue weighted by Gasteiger charge is -2.22. The van der Waals surface area contributed by atoms with Gasteiger partial charge >= 0.3 is 0 Å². The molecule has 0 bridgehead atoms. The summed E-state index contributed by atoms with van der Waals surface area (Å²) < 4.78 is 28.9. The Morgan fingerprint density at radius 2 is 2.26 bits per heavy atom. The van der Waals surface area contributed by atoms with Crippen LogP contribution in [0, 0.1) is 5.82 Å². The van der Waals surface area contributed by atoms with E-state index in [0.717, 1.165) is 5.56 Å². The van der Waals surface area contributed by atoms with Crippen molar-refractivity contribution in [2.75, 3.05) is 26.4 Å². The number of benzene rings is 1. The van der Waals surface area contributed by atoms with Gasteiger partial charge in [0.05, 0.1) is 31.6 Å². The van der Waals surface area contributed by atoms with Crippen LogP contribution in [0.1, 0.15) is 21.8 Å². The summed E-state index contributed by atoms with van der Waals surface area (Å²) in [5, 5.41) is 6.56. The second-order valence-corrected chi connectivity index (χ2v) is 5.27. The summed E-state index contributed by atoms with van der Waals surface area (Å²) in [4.78, 5) is 12.0. The minimum atomic E-state index is -0.364. The summed E-state index contributed by atoms with van der Waals surface area (Å²) >= 11 is 0. The molecule has 3 rings (SSSR count). The van der Waals surface area contributed by atoms with Crippen molar-refractivity contribution in [1.29, 1.82) is 0 Å². The zero-order chi connectivity index (χ0) is 16.1. The first kappa shape index (κ1) is 15.6. The van der Waals surface area contributed by atoms with Gasteiger partial charge in [-0.3, -0.25) is 4.79 Å². The molecule has 1 aliphatic heterocycles. The number of hydrogen-bond acceptors (Lipinski definition) is 5. The van der Waals surface area contributed by atoms with Crippen LogP contribution in [-0.2, 0) is 15.9 Å². The van der Waals surface area contributed by atoms with Crippen LogP contribution in [0.5, 0.6) is 0 Å². The third-order valence-corrected chi connectivity index (χ3v) is 3.43. The monoisotopic (exact) mass is 320 g/mol. The van der Waals surface area contributed by atoms with Crippen LogP contribution < -0.4 is 5.32 Å². The summed E-state index contributed by atoms with van der Waals surface area (Å²) in [5.74, 6) is -0.552. The first-order valence-corrected chi connectivity index (χ1v) is 7.38. The largest absolute Gasteiger partial charge is 0.376 e. The Kier molecular flexibility index (Phi) is 4.99. The van der Waals surface area contributed by atoms with Crippen LogP contribution >= 0.6 is 0 Å². The molecule has 0 spiro atoms. The Labute approximate surface area is 132 Å². The van der Waals surface area contributed by atoms with Gasteiger partial charge in [0.25, 0.3) is 5.91 Å². The first-order valence-electron chi connectivity index (χ1n) is 7.38. The van der Waals surface area contributed by atoms with Gasteiger partial charge in [-0.05, 0) is 17.7 Å². The molecule has 1 unspecified atom stereocenters. The lowest BCUT2D eigenvalue weighted by molar-refractivity contribution is -0.0856. The Morgan fingerprint density at radius 3 is 3.04 bits per heavy atom. The Balaban J connectivity index is 1.54. The fraction of sp³-hybridized carbons (Fsp3) is 0.375. The fourth-order valence-electron chi connectivity index (χ4n) is 2.31. The summed E-state index contributed by atoms with van der Waals surface area (Å²) in [6, 6.07) is 7.78. The van der Waals surface area contributed by atoms with Gasteiger partial charge in [-0.25, -0.2) is 4.39 Å². The van der Waals surface area contributed by atoms with Crippen molar-refractivity contribution in [3.63, 3.8) is 0 Å². The first-order chi connectivity index (χ1) is 11.2. The van der Waals surface area contributed by atoms with E-state index in [1.54, 1.807) is 18.2 Å². The summed E-state index contributed by atoms with van der Waals surface area (Å²) in [6.45, 7) is 1.91. The summed E-state index contributed by atoms with van der Waals surface area (Å²) in [6.07, 6.45) is 0.246. The zero-order valence-electron chi connectivity index (χ0n) is 12.5. The molecule has 2 aromatic rings. The second-order valence-electron chi connectivity index (χ2n) is 5.27. The van der Waals surface area contributed by atoms with Crippen LogP contribution in [0.4, 0.5) is 4.39 Å². The molecule has 1 saturated heterocycles. The molecule has 1 atom stereocenters. The molecule has 1 aromatic heterocycles. The third kappa shape index (κ3) is 4.37. The molecular formula is C16H17FN2O4. The highest BCUT2D eigenvalue weighted by molar-refractivity contribution is 5.91. The van der Waals surface area contributed by atoms with E-state index in [1.165, 1.54) is 12.1 Å². The summed E-state index contributed by atoms with van der Waals surface area (Å²) in [5.41, 5.74) is 1.33. The van der Waals surface area contributed by atoms with Gasteiger partial charge in [-0.2, -0.15) is 0 Å². The molecule has 2 heterocycles. The maximum Gasteiger partial charge on any atom is 0.289 e. The smallest absolute Gasteiger partial charge is 0.289 e. The number of halogens is 1. The van der Waals surface area contributed by atoms with Crippen LogP contribution in [0.2, 0.25) is 0 Å². The van der Waals surface area contributed by atoms with Gasteiger partial charge in [0.2, 0.25) is 5.76 Å². The van der Waals surface area contributed by atoms with E-state index in [0.29, 0.717) is 38.5 Å². The van der Waals surface area contributed by atoms with E-state index >= 15 is 0 Å². The number of nitrogens with one attached hydrogen (secondary N) is 1. The molecule has 1 fully saturated rings. The molecule has 0 radical (unpaired) electrons. The second kappa shape index (κ2) is 7.34. The van der Waals surface area contributed by atoms with E-state index < -0.39 is 0 Å². The normalized spacial score (nSPS) is 17.9. The molecule has 23 heavy (non-hydrogen) atoms. The van der Waals surface area contributed by atoms with Gasteiger partial charge in [0, 0.05) is 19.0 Å². The molecule has 122 valence electrons. The molecule has 1 aromatic carbocycles. The average molecular weight is 320 g/mol. The zero-order valence-corrected chi connectivity index (χ0v) is 12.5. The molecule has 1 amide bonds. The van der Waals surface area contributed by atoms with Crippen molar-refractivity contribution < 1.29 is 23.2 Å². The third-order valence-electron chi connectivity index (χ3n) is 3.43. The van der Waals surface area contributed by atoms with Crippen molar-refractivity contribution in [2.45, 2.75) is 12.5 Å². The Hall–Kier alpha value is -2.25. The quantitative estimate of drug-likeness (QED) is 0.905. The number of nitrogens with zero attached hydrogens (tertiary/aromatic N) is 1. The molecule has 0 saturated carbocycles. The van der Waals surface area contributed by atoms with Crippen molar-refractivity contribution in [2.24, 2.45) is 0 Å². The number of ether oxygens (including phenoxy) is 2. The number of rotatable bonds is 5. The van der Waals surface area contributed by atoms with E-state index in [-0.39, 0.29) is 23.6 Å². The minimum absolute atomic E-state index is 0.119. The maximum atomic E-state index is 13.2. The van der Waals surface area contributed by atoms with Gasteiger partial charge < -0.3 is 19.3 Å². The molecule has 6 nitrogen and oxygen atoms in total. The van der Waals surface area contributed by atoms with E-state index in [4.69, 9.17) is 14.0 Å². The lowest BCUT2D eigenvalue weighted by atomic mass is 10.1. The highest BCUT2D eigenvalue weighted by Crippen LogP contribution is 2.12. The molecule has 7 heteroatoms. The van der Waals surface area contributed by atoms with Crippen molar-refractivity contribution in [1.82, 2.24) is 10.5 Å². The number of hydrogen-bond donors (Lipinski definition) is 1. The molecule has 0 aliphatic carbocycles. The lowest BCUT2D eigenvalue weighted by Crippen LogP contribution is -2.39. The maximum absolute atomic E-state index is 13.2. The molecule has 1 aliphatic rings. The Bertz CT molecular complexity index is 668. The van der Waals surface area contributed by atoms with Gasteiger partial charge in [0.1, 0.15) is 5.82 Å². The number of aromatic nitrogens is 1. The Morgan fingerprint density at radius 1 is 1.35 bits per heavy atom. The van der Waals surface area contributed by atoms with Crippen LogP contribution in [0.3, 0.4) is 0 Å². The standard InChI is InChI=1S/C16H17FN2O4/c17-12-3-1-2-11(6-12)7-13-8-15(23-19-13)16(20)18-9-14-10-21-4-5-22-14/h1-3,6,8,14H,4-5,7,9-10H2,(H,18,20). The van der Waals surface area contributed by atoms with Crippen molar-refractivity contribution in [3.05, 3.63) is 53.2 Å². The highest BCUT2D eigenvalue weighted by Gasteiger charge is 2.18. The van der Waals surface area contributed by atoms with Crippen molar-refractivity contribution in [3.8, 4) is 0 Å². The fourth-order valence-corrected chi connectivity index (χ4v) is 2.31. The minimum Gasteiger partial charge on any atom is -0.376 e. The summed E-state index contributed by atoms with van der Waals surface area (Å²) in [7, 11) is 0. The number of amides is 1. The number of carbonyl (C=O) groups is 1. The van der Waals surface area contributed by atoms with Crippen LogP contribution in [0.25, 0.3) is 0 Å². The predicted octanol–water partition coefficient (Wildman–Crippen LogP) is 1.55. The van der Waals surface area contributed by atoms with Gasteiger partial charge in [-0.15, -0.1) is 0 Å². The van der Waals surface area contributed by atoms with E-state index in [2.05, 4.69) is 10.5 Å². The van der Waals surface area contributed by atoms with Crippen molar-refractivity contribution >= 4 is 5.91 Å². The highest BCUT2D eigenvalue weighted by atomic mass is 19.1. The SMILES string of the molecule is O=C(NCC1COCCO1)c1cc(Cc2cccc(F)c2)no1. The predicted molar refractivity (Wildman–Crippen MR) is 78.6 cm³/mol. The number of carbonyl (C=O) groups excluding carboxylic acids is 1. The van der Waals surface area contributed by atoms with Gasteiger partial charge in [-0.1, -0.05) is 17.3 Å². The van der Waals surface area contributed by atoms with E-state index in [1.807, 2.05) is 0 Å².